The second-order valence-electron chi connectivity index (χ2n) is 5.14. The fourth-order valence-corrected chi connectivity index (χ4v) is 2.24. The lowest BCUT2D eigenvalue weighted by Gasteiger charge is -2.08. The van der Waals surface area contributed by atoms with Crippen LogP contribution in [-0.4, -0.2) is 37.0 Å². The summed E-state index contributed by atoms with van der Waals surface area (Å²) in [7, 11) is 0. The molecule has 0 fully saturated rings. The van der Waals surface area contributed by atoms with Gasteiger partial charge in [0.1, 0.15) is 12.4 Å². The van der Waals surface area contributed by atoms with E-state index in [2.05, 4.69) is 5.32 Å². The lowest BCUT2D eigenvalue weighted by molar-refractivity contribution is 0.0706. The van der Waals surface area contributed by atoms with Crippen LogP contribution in [0.1, 0.15) is 20.7 Å². The van der Waals surface area contributed by atoms with Gasteiger partial charge in [0.2, 0.25) is 6.79 Å². The second-order valence-corrected chi connectivity index (χ2v) is 5.14. The molecular formula is C17H16N2O6. The summed E-state index contributed by atoms with van der Waals surface area (Å²) in [5, 5.41) is 11.3. The van der Waals surface area contributed by atoms with E-state index in [1.165, 1.54) is 12.1 Å². The first kappa shape index (κ1) is 16.6. The number of carbonyl (C=O) groups excluding carboxylic acids is 2. The van der Waals surface area contributed by atoms with Gasteiger partial charge in [-0.3, -0.25) is 14.8 Å². The van der Waals surface area contributed by atoms with Gasteiger partial charge in [0.25, 0.3) is 11.8 Å². The first-order chi connectivity index (χ1) is 12.2. The molecule has 3 N–H and O–H groups in total. The summed E-state index contributed by atoms with van der Waals surface area (Å²) in [5.74, 6) is 0.889. The van der Waals surface area contributed by atoms with Crippen LogP contribution < -0.4 is 25.0 Å². The van der Waals surface area contributed by atoms with Crippen molar-refractivity contribution in [2.75, 3.05) is 19.9 Å². The summed E-state index contributed by atoms with van der Waals surface area (Å²) < 4.78 is 15.9. The molecule has 0 unspecified atom stereocenters. The number of hydrogen-bond acceptors (Lipinski definition) is 6. The second kappa shape index (κ2) is 7.54. The molecule has 1 aliphatic heterocycles. The Morgan fingerprint density at radius 2 is 1.72 bits per heavy atom. The molecule has 0 aromatic heterocycles. The molecule has 1 heterocycles. The Balaban J connectivity index is 1.45. The monoisotopic (exact) mass is 344 g/mol. The highest BCUT2D eigenvalue weighted by Crippen LogP contribution is 2.32. The zero-order valence-electron chi connectivity index (χ0n) is 13.2. The fourth-order valence-electron chi connectivity index (χ4n) is 2.24. The molecule has 8 nitrogen and oxygen atoms in total. The van der Waals surface area contributed by atoms with Crippen LogP contribution in [0.15, 0.2) is 42.5 Å². The van der Waals surface area contributed by atoms with Crippen LogP contribution in [0.25, 0.3) is 0 Å². The van der Waals surface area contributed by atoms with Crippen molar-refractivity contribution in [2.24, 2.45) is 0 Å². The summed E-state index contributed by atoms with van der Waals surface area (Å²) in [6.45, 7) is 0.737. The third kappa shape index (κ3) is 3.99. The predicted molar refractivity (Wildman–Crippen MR) is 86.1 cm³/mol. The molecule has 0 spiro atoms. The van der Waals surface area contributed by atoms with E-state index in [0.717, 1.165) is 0 Å². The van der Waals surface area contributed by atoms with Gasteiger partial charge in [-0.15, -0.1) is 0 Å². The maximum atomic E-state index is 12.1. The minimum absolute atomic E-state index is 0.160. The average Bonchev–Trinajstić information content (AvgIpc) is 3.12. The molecule has 0 atom stereocenters. The number of hydrogen-bond donors (Lipinski definition) is 3. The first-order valence-corrected chi connectivity index (χ1v) is 7.52. The Hall–Kier alpha value is -3.26. The highest BCUT2D eigenvalue weighted by Gasteiger charge is 2.15. The number of carbonyl (C=O) groups is 2. The minimum Gasteiger partial charge on any atom is -0.492 e. The van der Waals surface area contributed by atoms with Gasteiger partial charge in [0, 0.05) is 11.1 Å². The Labute approximate surface area is 143 Å². The van der Waals surface area contributed by atoms with Gasteiger partial charge in [-0.05, 0) is 42.5 Å². The standard InChI is InChI=1S/C17H16N2O6/c20-16(12-3-6-14-15(9-12)25-10-24-14)18-7-8-23-13-4-1-11(2-5-13)17(21)19-22/h1-6,9,22H,7-8,10H2,(H,18,20)(H,19,21). The molecule has 0 saturated heterocycles. The van der Waals surface area contributed by atoms with Gasteiger partial charge < -0.3 is 19.5 Å². The molecular weight excluding hydrogens is 328 g/mol. The summed E-state index contributed by atoms with van der Waals surface area (Å²) in [4.78, 5) is 23.3. The van der Waals surface area contributed by atoms with Crippen LogP contribution in [0, 0.1) is 0 Å². The topological polar surface area (TPSA) is 106 Å². The van der Waals surface area contributed by atoms with E-state index in [4.69, 9.17) is 19.4 Å². The highest BCUT2D eigenvalue weighted by atomic mass is 16.7. The Morgan fingerprint density at radius 3 is 2.48 bits per heavy atom. The molecule has 25 heavy (non-hydrogen) atoms. The Kier molecular flexibility index (Phi) is 5.00. The number of hydroxylamine groups is 1. The third-order valence-corrected chi connectivity index (χ3v) is 3.51. The Bertz CT molecular complexity index is 775. The van der Waals surface area contributed by atoms with E-state index >= 15 is 0 Å². The molecule has 3 rings (SSSR count). The number of rotatable bonds is 6. The first-order valence-electron chi connectivity index (χ1n) is 7.52. The lowest BCUT2D eigenvalue weighted by atomic mass is 10.2. The third-order valence-electron chi connectivity index (χ3n) is 3.51. The largest absolute Gasteiger partial charge is 0.492 e. The van der Waals surface area contributed by atoms with Crippen LogP contribution in [0.2, 0.25) is 0 Å². The molecule has 0 aliphatic carbocycles. The smallest absolute Gasteiger partial charge is 0.274 e. The van der Waals surface area contributed by atoms with E-state index in [1.54, 1.807) is 35.8 Å². The molecule has 1 aliphatic rings. The average molecular weight is 344 g/mol. The van der Waals surface area contributed by atoms with Crippen molar-refractivity contribution in [2.45, 2.75) is 0 Å². The van der Waals surface area contributed by atoms with Gasteiger partial charge in [0.05, 0.1) is 6.54 Å². The van der Waals surface area contributed by atoms with Crippen molar-refractivity contribution in [3.63, 3.8) is 0 Å². The van der Waals surface area contributed by atoms with Crippen molar-refractivity contribution in [3.8, 4) is 17.2 Å². The SMILES string of the molecule is O=C(NO)c1ccc(OCCNC(=O)c2ccc3c(c2)OCO3)cc1. The molecule has 0 radical (unpaired) electrons. The predicted octanol–water partition coefficient (Wildman–Crippen LogP) is 1.34. The normalized spacial score (nSPS) is 11.7. The van der Waals surface area contributed by atoms with Crippen LogP contribution in [-0.2, 0) is 0 Å². The van der Waals surface area contributed by atoms with E-state index < -0.39 is 5.91 Å². The fraction of sp³-hybridized carbons (Fsp3) is 0.176. The molecule has 2 aromatic carbocycles. The molecule has 2 aromatic rings. The van der Waals surface area contributed by atoms with Crippen LogP contribution in [0.3, 0.4) is 0 Å². The Morgan fingerprint density at radius 1 is 1.00 bits per heavy atom. The molecule has 2 amide bonds. The van der Waals surface area contributed by atoms with Crippen molar-refractivity contribution < 1.29 is 29.0 Å². The summed E-state index contributed by atoms with van der Waals surface area (Å²) in [6.07, 6.45) is 0. The molecule has 0 saturated carbocycles. The maximum Gasteiger partial charge on any atom is 0.274 e. The van der Waals surface area contributed by atoms with E-state index in [1.807, 2.05) is 0 Å². The lowest BCUT2D eigenvalue weighted by Crippen LogP contribution is -2.28. The summed E-state index contributed by atoms with van der Waals surface area (Å²) in [5.41, 5.74) is 2.34. The van der Waals surface area contributed by atoms with Crippen LogP contribution in [0.4, 0.5) is 0 Å². The quantitative estimate of drug-likeness (QED) is 0.415. The van der Waals surface area contributed by atoms with E-state index in [-0.39, 0.29) is 19.3 Å². The summed E-state index contributed by atoms with van der Waals surface area (Å²) >= 11 is 0. The van der Waals surface area contributed by atoms with Gasteiger partial charge in [0.15, 0.2) is 11.5 Å². The number of benzene rings is 2. The van der Waals surface area contributed by atoms with E-state index in [9.17, 15) is 9.59 Å². The maximum absolute atomic E-state index is 12.1. The highest BCUT2D eigenvalue weighted by molar-refractivity contribution is 5.95. The zero-order chi connectivity index (χ0) is 17.6. The van der Waals surface area contributed by atoms with Crippen molar-refractivity contribution >= 4 is 11.8 Å². The number of ether oxygens (including phenoxy) is 3. The van der Waals surface area contributed by atoms with Crippen molar-refractivity contribution in [1.29, 1.82) is 0 Å². The van der Waals surface area contributed by atoms with E-state index in [0.29, 0.717) is 34.9 Å². The van der Waals surface area contributed by atoms with Crippen LogP contribution in [0.5, 0.6) is 17.2 Å². The van der Waals surface area contributed by atoms with Gasteiger partial charge in [-0.25, -0.2) is 5.48 Å². The molecule has 0 bridgehead atoms. The van der Waals surface area contributed by atoms with Crippen molar-refractivity contribution in [3.05, 3.63) is 53.6 Å². The number of amides is 2. The van der Waals surface area contributed by atoms with Gasteiger partial charge in [-0.1, -0.05) is 0 Å². The van der Waals surface area contributed by atoms with Crippen LogP contribution >= 0.6 is 0 Å². The number of fused-ring (bicyclic) bond motifs is 1. The summed E-state index contributed by atoms with van der Waals surface area (Å²) in [6, 6.07) is 11.2. The minimum atomic E-state index is -0.595. The molecule has 130 valence electrons. The van der Waals surface area contributed by atoms with Gasteiger partial charge in [-0.2, -0.15) is 0 Å². The van der Waals surface area contributed by atoms with Gasteiger partial charge >= 0.3 is 0 Å². The zero-order valence-corrected chi connectivity index (χ0v) is 13.2. The number of nitrogens with one attached hydrogen (secondary N) is 2. The molecule has 8 heteroatoms. The van der Waals surface area contributed by atoms with Crippen molar-refractivity contribution in [1.82, 2.24) is 10.8 Å².